The maximum atomic E-state index is 13.7. The SMILES string of the molecule is CC(C)(C)Oc1cc(F)cc(-c2cc(N)nn2C(F)(F)F)c1.CC(C)(C)Oc1cc(F)cc(B(O)O)c1.CN(C)c1ccn(C(F)(F)F)n1.CN(C)c1ccn[nH]1.Cc1cc(N(C)C)nn1C(F)(F)F.Cc1cc(N)nn1C(F)(F)F.Nc1ccn[nH]1. The molecular formula is C50H67BF14N18O4. The monoisotopic (exact) mass is 1260 g/mol. The van der Waals surface area contributed by atoms with Crippen molar-refractivity contribution in [3.63, 3.8) is 0 Å². The van der Waals surface area contributed by atoms with Gasteiger partial charge in [-0.1, -0.05) is 0 Å². The minimum Gasteiger partial charge on any atom is -0.488 e. The fraction of sp³-hybridized carbons (Fsp3) is 0.400. The topological polar surface area (TPSA) is 275 Å². The summed E-state index contributed by atoms with van der Waals surface area (Å²) in [5.74, 6) is 0.920. The molecule has 6 heterocycles. The molecular weight excluding hydrogens is 1190 g/mol. The van der Waals surface area contributed by atoms with Crippen LogP contribution in [-0.4, -0.2) is 130 Å². The first-order valence-corrected chi connectivity index (χ1v) is 24.8. The summed E-state index contributed by atoms with van der Waals surface area (Å²) >= 11 is 0. The number of H-pyrrole nitrogens is 2. The van der Waals surface area contributed by atoms with Gasteiger partial charge in [0.1, 0.15) is 63.4 Å². The second-order valence-electron chi connectivity index (χ2n) is 20.4. The fourth-order valence-corrected chi connectivity index (χ4v) is 6.21. The van der Waals surface area contributed by atoms with Crippen LogP contribution in [0.1, 0.15) is 52.9 Å². The van der Waals surface area contributed by atoms with E-state index in [2.05, 4.69) is 40.8 Å². The first-order valence-electron chi connectivity index (χ1n) is 24.8. The normalized spacial score (nSPS) is 11.5. The lowest BCUT2D eigenvalue weighted by Crippen LogP contribution is -2.31. The molecule has 8 rings (SSSR count). The molecule has 0 radical (unpaired) electrons. The van der Waals surface area contributed by atoms with Crippen molar-refractivity contribution in [2.24, 2.45) is 0 Å². The molecule has 0 aliphatic carbocycles. The maximum Gasteiger partial charge on any atom is 0.505 e. The first kappa shape index (κ1) is 74.2. The molecule has 0 aliphatic rings. The van der Waals surface area contributed by atoms with Gasteiger partial charge in [0, 0.05) is 108 Å². The fourth-order valence-electron chi connectivity index (χ4n) is 6.21. The highest BCUT2D eigenvalue weighted by Gasteiger charge is 2.37. The Labute approximate surface area is 490 Å². The second-order valence-corrected chi connectivity index (χ2v) is 20.4. The van der Waals surface area contributed by atoms with Gasteiger partial charge in [0.15, 0.2) is 5.82 Å². The number of hydrogen-bond acceptors (Lipinski definition) is 16. The molecule has 2 aromatic carbocycles. The van der Waals surface area contributed by atoms with Gasteiger partial charge in [-0.15, -0.1) is 73.1 Å². The number of rotatable bonds is 7. The summed E-state index contributed by atoms with van der Waals surface area (Å²) in [5.41, 5.74) is 14.2. The predicted molar refractivity (Wildman–Crippen MR) is 299 cm³/mol. The third kappa shape index (κ3) is 26.5. The van der Waals surface area contributed by atoms with Gasteiger partial charge in [0.25, 0.3) is 0 Å². The predicted octanol–water partition coefficient (Wildman–Crippen LogP) is 9.48. The van der Waals surface area contributed by atoms with Gasteiger partial charge < -0.3 is 51.4 Å². The molecule has 10 N–H and O–H groups in total. The Balaban J connectivity index is 0.000000357. The van der Waals surface area contributed by atoms with Crippen molar-refractivity contribution in [1.82, 2.24) is 59.5 Å². The summed E-state index contributed by atoms with van der Waals surface area (Å²) in [6, 6.07) is 15.5. The smallest absolute Gasteiger partial charge is 0.488 e. The van der Waals surface area contributed by atoms with Gasteiger partial charge in [-0.25, -0.2) is 8.78 Å². The number of ether oxygens (including phenoxy) is 2. The van der Waals surface area contributed by atoms with Crippen molar-refractivity contribution in [1.29, 1.82) is 0 Å². The number of nitrogen functional groups attached to an aromatic ring is 3. The van der Waals surface area contributed by atoms with Crippen molar-refractivity contribution in [3.8, 4) is 22.8 Å². The molecule has 0 bridgehead atoms. The van der Waals surface area contributed by atoms with Crippen LogP contribution in [0.4, 0.5) is 96.4 Å². The highest BCUT2D eigenvalue weighted by Crippen LogP contribution is 2.34. The Hall–Kier alpha value is -8.90. The molecule has 0 aliphatic heterocycles. The number of aryl methyl sites for hydroxylation is 2. The number of nitrogens with one attached hydrogen (secondary N) is 2. The van der Waals surface area contributed by atoms with Gasteiger partial charge in [0.05, 0.1) is 18.1 Å². The number of aromatic nitrogens is 12. The van der Waals surface area contributed by atoms with E-state index in [0.29, 0.717) is 11.6 Å². The molecule has 0 saturated carbocycles. The third-order valence-electron chi connectivity index (χ3n) is 9.68. The molecule has 0 atom stereocenters. The zero-order valence-electron chi connectivity index (χ0n) is 49.3. The zero-order chi connectivity index (χ0) is 67.0. The molecule has 6 aromatic heterocycles. The van der Waals surface area contributed by atoms with Gasteiger partial charge in [0.2, 0.25) is 0 Å². The summed E-state index contributed by atoms with van der Waals surface area (Å²) in [6.07, 6.45) is -13.9. The van der Waals surface area contributed by atoms with Crippen LogP contribution in [0.5, 0.6) is 11.5 Å². The van der Waals surface area contributed by atoms with E-state index in [9.17, 15) is 61.5 Å². The number of hydrogen-bond donors (Lipinski definition) is 7. The van der Waals surface area contributed by atoms with Crippen LogP contribution in [0.25, 0.3) is 11.3 Å². The summed E-state index contributed by atoms with van der Waals surface area (Å²) in [6.45, 7) is 13.4. The molecule has 0 unspecified atom stereocenters. The average Bonchev–Trinajstić information content (AvgIpc) is 2.11. The van der Waals surface area contributed by atoms with Gasteiger partial charge in [-0.3, -0.25) is 10.2 Å². The Morgan fingerprint density at radius 1 is 0.506 bits per heavy atom. The van der Waals surface area contributed by atoms with Crippen LogP contribution in [0.3, 0.4) is 0 Å². The van der Waals surface area contributed by atoms with E-state index in [4.69, 9.17) is 36.7 Å². The van der Waals surface area contributed by atoms with Gasteiger partial charge in [-0.2, -0.15) is 28.9 Å². The van der Waals surface area contributed by atoms with Crippen LogP contribution in [0.2, 0.25) is 0 Å². The van der Waals surface area contributed by atoms with Crippen molar-refractivity contribution < 1.29 is 81.0 Å². The number of anilines is 6. The second kappa shape index (κ2) is 30.4. The molecule has 87 heavy (non-hydrogen) atoms. The Morgan fingerprint density at radius 3 is 1.29 bits per heavy atom. The van der Waals surface area contributed by atoms with Crippen LogP contribution < -0.4 is 46.8 Å². The standard InChI is InChI=1S/C14H15F4N3O.C10H14BFO3.C7H10F3N3.C6H8F3N3.C5H6F3N3.C5H9N3.C3H5N3/c1-13(2,3)22-10-5-8(4-9(15)6-10)11-7-12(19)20-21(11)14(16,17)18;1-10(2,3)15-9-5-7(11(13)14)4-8(12)6-9;1-5-4-6(12(2)3)11-13(5)7(8,9)10;1-11(2)5-3-4-12(10-5)6(7,8)9;1-3-2-4(9)10-11(3)5(6,7)8;1-8(2)5-3-4-6-7-5;4-3-1-2-5-6-3/h4-7H,1-3H3,(H2,19,20);4-6,13-14H,1-3H3;4H,1-3H3;3-4H,1-2H3;2H,1H3,(H2,9,10);3-4H,1-2H3,(H,6,7);1-2H,(H3,4,5,6). The zero-order valence-corrected chi connectivity index (χ0v) is 49.3. The molecule has 0 amide bonds. The molecule has 0 fully saturated rings. The van der Waals surface area contributed by atoms with Crippen LogP contribution >= 0.6 is 0 Å². The Kier molecular flexibility index (Phi) is 26.0. The average molecular weight is 1260 g/mol. The molecule has 0 spiro atoms. The quantitative estimate of drug-likeness (QED) is 0.0578. The van der Waals surface area contributed by atoms with E-state index < -0.39 is 55.2 Å². The van der Waals surface area contributed by atoms with E-state index >= 15 is 0 Å². The third-order valence-corrected chi connectivity index (χ3v) is 9.68. The number of aromatic amines is 2. The lowest BCUT2D eigenvalue weighted by atomic mass is 9.80. The first-order chi connectivity index (χ1) is 39.6. The maximum absolute atomic E-state index is 13.7. The molecule has 0 saturated heterocycles. The van der Waals surface area contributed by atoms with Crippen LogP contribution in [0.15, 0.2) is 91.4 Å². The van der Waals surface area contributed by atoms with Crippen molar-refractivity contribution in [3.05, 3.63) is 114 Å². The number of nitrogens with two attached hydrogens (primary N) is 3. The Bertz CT molecular complexity index is 3300. The number of benzene rings is 2. The van der Waals surface area contributed by atoms with E-state index in [-0.39, 0.29) is 75.8 Å². The highest BCUT2D eigenvalue weighted by molar-refractivity contribution is 6.58. The van der Waals surface area contributed by atoms with Crippen molar-refractivity contribution in [2.75, 3.05) is 74.2 Å². The number of alkyl halides is 12. The van der Waals surface area contributed by atoms with Crippen molar-refractivity contribution >= 4 is 47.5 Å². The molecule has 482 valence electrons. The molecule has 37 heteroatoms. The summed E-state index contributed by atoms with van der Waals surface area (Å²) < 4.78 is 184. The number of nitrogens with zero attached hydrogens (tertiary/aromatic N) is 13. The molecule has 22 nitrogen and oxygen atoms in total. The lowest BCUT2D eigenvalue weighted by molar-refractivity contribution is -0.214. The van der Waals surface area contributed by atoms with E-state index in [1.54, 1.807) is 67.4 Å². The van der Waals surface area contributed by atoms with E-state index in [0.717, 1.165) is 42.3 Å². The number of halogens is 14. The van der Waals surface area contributed by atoms with Gasteiger partial charge in [-0.05, 0) is 91.2 Å². The van der Waals surface area contributed by atoms with Crippen LogP contribution in [0, 0.1) is 25.5 Å². The molecule has 8 aromatic rings. The minimum absolute atomic E-state index is 0.0185. The van der Waals surface area contributed by atoms with Gasteiger partial charge >= 0.3 is 32.3 Å². The van der Waals surface area contributed by atoms with E-state index in [1.165, 1.54) is 54.0 Å². The summed E-state index contributed by atoms with van der Waals surface area (Å²) in [5, 5.41) is 43.4. The highest BCUT2D eigenvalue weighted by atomic mass is 19.4. The van der Waals surface area contributed by atoms with Crippen molar-refractivity contribution in [2.45, 2.75) is 91.8 Å². The summed E-state index contributed by atoms with van der Waals surface area (Å²) in [7, 11) is 8.78. The Morgan fingerprint density at radius 2 is 0.966 bits per heavy atom. The van der Waals surface area contributed by atoms with E-state index in [1.807, 2.05) is 45.8 Å². The minimum atomic E-state index is -4.76. The largest absolute Gasteiger partial charge is 0.505 e. The summed E-state index contributed by atoms with van der Waals surface area (Å²) in [4.78, 5) is 4.99. The van der Waals surface area contributed by atoms with Crippen LogP contribution in [-0.2, 0) is 25.2 Å². The lowest BCUT2D eigenvalue weighted by Gasteiger charge is -2.22.